The van der Waals surface area contributed by atoms with E-state index in [1.54, 1.807) is 19.1 Å². The van der Waals surface area contributed by atoms with Gasteiger partial charge in [0.15, 0.2) is 0 Å². The third-order valence-corrected chi connectivity index (χ3v) is 3.99. The van der Waals surface area contributed by atoms with Gasteiger partial charge in [-0.1, -0.05) is 6.92 Å². The van der Waals surface area contributed by atoms with Crippen molar-refractivity contribution >= 4 is 21.6 Å². The first-order valence-electron chi connectivity index (χ1n) is 6.07. The highest BCUT2D eigenvalue weighted by atomic mass is 32.2. The van der Waals surface area contributed by atoms with Gasteiger partial charge >= 0.3 is 0 Å². The van der Waals surface area contributed by atoms with E-state index >= 15 is 0 Å². The van der Waals surface area contributed by atoms with Crippen LogP contribution in [0.15, 0.2) is 29.2 Å². The Morgan fingerprint density at radius 1 is 1.26 bits per heavy atom. The summed E-state index contributed by atoms with van der Waals surface area (Å²) in [6.07, 6.45) is 0.979. The van der Waals surface area contributed by atoms with E-state index in [0.717, 1.165) is 5.69 Å². The van der Waals surface area contributed by atoms with E-state index in [0.29, 0.717) is 25.9 Å². The van der Waals surface area contributed by atoms with Crippen LogP contribution in [0.1, 0.15) is 19.8 Å². The fourth-order valence-corrected chi connectivity index (χ4v) is 2.56. The number of hydrogen-bond donors (Lipinski definition) is 3. The molecule has 19 heavy (non-hydrogen) atoms. The molecule has 106 valence electrons. The third kappa shape index (κ3) is 5.27. The van der Waals surface area contributed by atoms with Crippen LogP contribution in [0.25, 0.3) is 0 Å². The molecule has 0 fully saturated rings. The summed E-state index contributed by atoms with van der Waals surface area (Å²) in [5, 5.41) is 3.09. The molecule has 1 aromatic carbocycles. The summed E-state index contributed by atoms with van der Waals surface area (Å²) in [5.74, 6) is -0.325. The Hall–Kier alpha value is -1.60. The molecule has 0 saturated heterocycles. The van der Waals surface area contributed by atoms with Crippen molar-refractivity contribution in [1.82, 2.24) is 4.72 Å². The molecule has 0 aliphatic rings. The molecule has 0 spiro atoms. The third-order valence-electron chi connectivity index (χ3n) is 2.43. The maximum Gasteiger partial charge on any atom is 0.240 e. The fourth-order valence-electron chi connectivity index (χ4n) is 1.52. The normalized spacial score (nSPS) is 11.2. The Balaban J connectivity index is 2.55. The van der Waals surface area contributed by atoms with Crippen molar-refractivity contribution in [3.05, 3.63) is 24.3 Å². The maximum absolute atomic E-state index is 11.7. The summed E-state index contributed by atoms with van der Waals surface area (Å²) < 4.78 is 25.8. The summed E-state index contributed by atoms with van der Waals surface area (Å²) >= 11 is 0. The molecule has 0 aliphatic carbocycles. The predicted octanol–water partition coefficient (Wildman–Crippen LogP) is 0.662. The molecule has 0 aliphatic heterocycles. The van der Waals surface area contributed by atoms with Gasteiger partial charge in [0.1, 0.15) is 0 Å². The summed E-state index contributed by atoms with van der Waals surface area (Å²) in [6.45, 7) is 2.70. The number of carbonyl (C=O) groups excluding carboxylic acids is 1. The topological polar surface area (TPSA) is 101 Å². The molecule has 0 saturated carbocycles. The van der Waals surface area contributed by atoms with Gasteiger partial charge in [-0.05, 0) is 30.7 Å². The van der Waals surface area contributed by atoms with Crippen LogP contribution < -0.4 is 15.8 Å². The second-order valence-electron chi connectivity index (χ2n) is 4.02. The molecule has 1 aromatic rings. The lowest BCUT2D eigenvalue weighted by atomic mass is 10.2. The Morgan fingerprint density at radius 2 is 1.89 bits per heavy atom. The highest BCUT2D eigenvalue weighted by Gasteiger charge is 2.11. The largest absolute Gasteiger partial charge is 0.385 e. The number of sulfonamides is 1. The van der Waals surface area contributed by atoms with E-state index in [1.807, 2.05) is 0 Å². The van der Waals surface area contributed by atoms with Crippen molar-refractivity contribution in [3.63, 3.8) is 0 Å². The molecule has 0 atom stereocenters. The number of anilines is 1. The van der Waals surface area contributed by atoms with Gasteiger partial charge in [-0.3, -0.25) is 4.79 Å². The number of nitrogens with one attached hydrogen (secondary N) is 2. The zero-order chi connectivity index (χ0) is 14.3. The maximum atomic E-state index is 11.7. The number of rotatable bonds is 8. The lowest BCUT2D eigenvalue weighted by Gasteiger charge is -2.08. The van der Waals surface area contributed by atoms with E-state index in [-0.39, 0.29) is 10.8 Å². The number of carbonyl (C=O) groups is 1. The molecule has 0 radical (unpaired) electrons. The minimum absolute atomic E-state index is 0.233. The molecule has 7 heteroatoms. The number of nitrogens with two attached hydrogens (primary N) is 1. The first-order chi connectivity index (χ1) is 8.95. The molecule has 1 rings (SSSR count). The number of hydrogen-bond acceptors (Lipinski definition) is 4. The van der Waals surface area contributed by atoms with Crippen LogP contribution >= 0.6 is 0 Å². The van der Waals surface area contributed by atoms with Crippen molar-refractivity contribution in [2.75, 3.05) is 18.4 Å². The number of primary amides is 1. The minimum Gasteiger partial charge on any atom is -0.385 e. The van der Waals surface area contributed by atoms with E-state index in [9.17, 15) is 13.2 Å². The number of benzene rings is 1. The summed E-state index contributed by atoms with van der Waals surface area (Å²) in [4.78, 5) is 10.8. The van der Waals surface area contributed by atoms with Crippen LogP contribution in [-0.4, -0.2) is 27.4 Å². The highest BCUT2D eigenvalue weighted by Crippen LogP contribution is 2.13. The van der Waals surface area contributed by atoms with Gasteiger partial charge in [0, 0.05) is 25.2 Å². The molecule has 4 N–H and O–H groups in total. The molecular weight excluding hydrogens is 266 g/mol. The van der Waals surface area contributed by atoms with Crippen molar-refractivity contribution in [3.8, 4) is 0 Å². The van der Waals surface area contributed by atoms with Crippen molar-refractivity contribution in [2.45, 2.75) is 24.7 Å². The smallest absolute Gasteiger partial charge is 0.240 e. The standard InChI is InChI=1S/C12H19N3O3S/c1-2-15-19(17,18)11-7-5-10(6-8-11)14-9-3-4-12(13)16/h5-8,14-15H,2-4,9H2,1H3,(H2,13,16). The van der Waals surface area contributed by atoms with E-state index in [4.69, 9.17) is 5.73 Å². The second-order valence-corrected chi connectivity index (χ2v) is 5.79. The Kier molecular flexibility index (Phi) is 5.78. The van der Waals surface area contributed by atoms with Gasteiger partial charge in [-0.2, -0.15) is 0 Å². The SMILES string of the molecule is CCNS(=O)(=O)c1ccc(NCCCC(N)=O)cc1. The quantitative estimate of drug-likeness (QED) is 0.611. The summed E-state index contributed by atoms with van der Waals surface area (Å²) in [7, 11) is -3.40. The Labute approximate surface area is 113 Å². The molecule has 0 heterocycles. The Bertz CT molecular complexity index is 512. The van der Waals surface area contributed by atoms with Crippen LogP contribution in [0, 0.1) is 0 Å². The van der Waals surface area contributed by atoms with Crippen LogP contribution in [0.5, 0.6) is 0 Å². The first kappa shape index (κ1) is 15.5. The van der Waals surface area contributed by atoms with Gasteiger partial charge in [0.25, 0.3) is 0 Å². The molecule has 0 aromatic heterocycles. The number of amides is 1. The van der Waals surface area contributed by atoms with E-state index < -0.39 is 10.0 Å². The van der Waals surface area contributed by atoms with Crippen molar-refractivity contribution in [2.24, 2.45) is 5.73 Å². The first-order valence-corrected chi connectivity index (χ1v) is 7.56. The van der Waals surface area contributed by atoms with Gasteiger partial charge < -0.3 is 11.1 Å². The molecule has 6 nitrogen and oxygen atoms in total. The van der Waals surface area contributed by atoms with Crippen molar-refractivity contribution < 1.29 is 13.2 Å². The van der Waals surface area contributed by atoms with Gasteiger partial charge in [0.05, 0.1) is 4.90 Å². The zero-order valence-corrected chi connectivity index (χ0v) is 11.7. The zero-order valence-electron chi connectivity index (χ0n) is 10.8. The van der Waals surface area contributed by atoms with E-state index in [2.05, 4.69) is 10.0 Å². The minimum atomic E-state index is -3.40. The van der Waals surface area contributed by atoms with Crippen LogP contribution in [-0.2, 0) is 14.8 Å². The summed E-state index contributed by atoms with van der Waals surface area (Å²) in [6, 6.07) is 6.45. The molecular formula is C12H19N3O3S. The van der Waals surface area contributed by atoms with Gasteiger partial charge in [-0.25, -0.2) is 13.1 Å². The van der Waals surface area contributed by atoms with Gasteiger partial charge in [-0.15, -0.1) is 0 Å². The van der Waals surface area contributed by atoms with Crippen LogP contribution in [0.2, 0.25) is 0 Å². The monoisotopic (exact) mass is 285 g/mol. The fraction of sp³-hybridized carbons (Fsp3) is 0.417. The van der Waals surface area contributed by atoms with Gasteiger partial charge in [0.2, 0.25) is 15.9 Å². The van der Waals surface area contributed by atoms with Crippen LogP contribution in [0.4, 0.5) is 5.69 Å². The highest BCUT2D eigenvalue weighted by molar-refractivity contribution is 7.89. The lowest BCUT2D eigenvalue weighted by molar-refractivity contribution is -0.118. The molecule has 0 bridgehead atoms. The average Bonchev–Trinajstić information content (AvgIpc) is 2.35. The molecule has 1 amide bonds. The summed E-state index contributed by atoms with van der Waals surface area (Å²) in [5.41, 5.74) is 5.83. The van der Waals surface area contributed by atoms with Crippen LogP contribution in [0.3, 0.4) is 0 Å². The Morgan fingerprint density at radius 3 is 2.42 bits per heavy atom. The average molecular weight is 285 g/mol. The van der Waals surface area contributed by atoms with E-state index in [1.165, 1.54) is 12.1 Å². The second kappa shape index (κ2) is 7.10. The molecule has 0 unspecified atom stereocenters. The predicted molar refractivity (Wildman–Crippen MR) is 74.2 cm³/mol. The van der Waals surface area contributed by atoms with Crippen molar-refractivity contribution in [1.29, 1.82) is 0 Å². The lowest BCUT2D eigenvalue weighted by Crippen LogP contribution is -2.23.